The second-order valence-corrected chi connectivity index (χ2v) is 17.0. The summed E-state index contributed by atoms with van der Waals surface area (Å²) in [6.07, 6.45) is 3.53. The van der Waals surface area contributed by atoms with Gasteiger partial charge < -0.3 is 35.6 Å². The van der Waals surface area contributed by atoms with E-state index in [4.69, 9.17) is 4.74 Å². The zero-order valence-electron chi connectivity index (χ0n) is 32.9. The molecule has 2 aliphatic carbocycles. The van der Waals surface area contributed by atoms with Crippen molar-refractivity contribution in [1.29, 1.82) is 0 Å². The lowest BCUT2D eigenvalue weighted by Crippen LogP contribution is -2.57. The molecule has 1 unspecified atom stereocenters. The number of hydrogen-bond donors (Lipinski definition) is 4. The van der Waals surface area contributed by atoms with Crippen molar-refractivity contribution in [2.45, 2.75) is 130 Å². The van der Waals surface area contributed by atoms with Crippen molar-refractivity contribution in [3.05, 3.63) is 0 Å². The maximum Gasteiger partial charge on any atom is 0.406 e. The third-order valence-electron chi connectivity index (χ3n) is 10.7. The number of hydrogen-bond acceptors (Lipinski definition) is 10. The number of carbonyl (C=O) groups is 8. The van der Waals surface area contributed by atoms with Crippen molar-refractivity contribution in [1.82, 2.24) is 26.2 Å². The standard InChI is InChI=1S/C38H61N5O10/c1-10-12-26(30(46)34(49)40-23-15-16-23)41-33(48)29-24-14-11-13-21(24)20-43(29)35(50)25(37(2,3)4)18-27(44)31(38(5,6)7)42-32(47)22(17-28(45)52-8)19-39-36(51)53-9/h21-26,29,31H,10-20H2,1-9H3,(H,39,51)(H,40,49)(H,41,48)(H,42,47)/t21-,22-,24-,25+,26-,29?,31+/m0/s1. The highest BCUT2D eigenvalue weighted by molar-refractivity contribution is 6.38. The van der Waals surface area contributed by atoms with Gasteiger partial charge >= 0.3 is 12.1 Å². The SMILES string of the molecule is CCC[C@H](NC(=O)C1[C@H]2CCC[C@H]2CN1C(=O)[C@@H](CC(=O)[C@@H](NC(=O)[C@H](CNC(=O)OC)CC(=O)OC)C(C)(C)C)C(C)(C)C)C(=O)C(=O)NC1CC1. The van der Waals surface area contributed by atoms with Crippen LogP contribution in [-0.2, 0) is 43.0 Å². The highest BCUT2D eigenvalue weighted by Gasteiger charge is 2.52. The zero-order valence-corrected chi connectivity index (χ0v) is 32.9. The van der Waals surface area contributed by atoms with Gasteiger partial charge in [-0.2, -0.15) is 0 Å². The van der Waals surface area contributed by atoms with Crippen LogP contribution in [0.25, 0.3) is 0 Å². The number of ether oxygens (including phenoxy) is 2. The van der Waals surface area contributed by atoms with Crippen molar-refractivity contribution >= 4 is 47.3 Å². The summed E-state index contributed by atoms with van der Waals surface area (Å²) in [6.45, 7) is 12.8. The van der Waals surface area contributed by atoms with Crippen molar-refractivity contribution in [3.63, 3.8) is 0 Å². The monoisotopic (exact) mass is 747 g/mol. The number of Topliss-reactive ketones (excluding diaryl/α,β-unsaturated/α-hetero) is 2. The molecule has 0 spiro atoms. The van der Waals surface area contributed by atoms with Gasteiger partial charge in [0.15, 0.2) is 5.78 Å². The van der Waals surface area contributed by atoms with Crippen LogP contribution in [0.15, 0.2) is 0 Å². The summed E-state index contributed by atoms with van der Waals surface area (Å²) in [6, 6.07) is -2.98. The Balaban J connectivity index is 1.86. The lowest BCUT2D eigenvalue weighted by molar-refractivity contribution is -0.148. The maximum absolute atomic E-state index is 14.7. The number of fused-ring (bicyclic) bond motifs is 1. The summed E-state index contributed by atoms with van der Waals surface area (Å²) in [5.74, 6) is -6.02. The molecule has 5 amide bonds. The Morgan fingerprint density at radius 3 is 2.04 bits per heavy atom. The molecule has 3 aliphatic rings. The summed E-state index contributed by atoms with van der Waals surface area (Å²) in [5.41, 5.74) is -1.55. The second kappa shape index (κ2) is 18.3. The molecule has 4 N–H and O–H groups in total. The number of amides is 5. The zero-order chi connectivity index (χ0) is 39.8. The third-order valence-corrected chi connectivity index (χ3v) is 10.7. The molecule has 15 heteroatoms. The van der Waals surface area contributed by atoms with Gasteiger partial charge in [0.05, 0.1) is 38.6 Å². The van der Waals surface area contributed by atoms with Crippen molar-refractivity contribution in [2.24, 2.45) is 34.5 Å². The molecule has 0 aromatic carbocycles. The van der Waals surface area contributed by atoms with E-state index in [1.165, 1.54) is 7.11 Å². The van der Waals surface area contributed by atoms with Gasteiger partial charge in [0.2, 0.25) is 23.5 Å². The molecule has 0 aromatic heterocycles. The number of rotatable bonds is 17. The summed E-state index contributed by atoms with van der Waals surface area (Å²) < 4.78 is 9.33. The smallest absolute Gasteiger partial charge is 0.406 e. The topological polar surface area (TPSA) is 206 Å². The Morgan fingerprint density at radius 1 is 0.830 bits per heavy atom. The Bertz CT molecular complexity index is 1400. The Morgan fingerprint density at radius 2 is 1.49 bits per heavy atom. The number of nitrogens with zero attached hydrogens (tertiary/aromatic N) is 1. The predicted molar refractivity (Wildman–Crippen MR) is 194 cm³/mol. The van der Waals surface area contributed by atoms with Crippen LogP contribution in [0.1, 0.15) is 106 Å². The first kappa shape index (κ1) is 43.4. The van der Waals surface area contributed by atoms with Gasteiger partial charge in [-0.25, -0.2) is 4.79 Å². The van der Waals surface area contributed by atoms with E-state index < -0.39 is 82.1 Å². The van der Waals surface area contributed by atoms with Gasteiger partial charge in [0.25, 0.3) is 5.91 Å². The molecular formula is C38H61N5O10. The minimum atomic E-state index is -1.08. The van der Waals surface area contributed by atoms with Gasteiger partial charge in [-0.3, -0.25) is 33.6 Å². The molecule has 1 saturated heterocycles. The second-order valence-electron chi connectivity index (χ2n) is 17.0. The lowest BCUT2D eigenvalue weighted by Gasteiger charge is -2.38. The van der Waals surface area contributed by atoms with Crippen molar-refractivity contribution in [3.8, 4) is 0 Å². The molecule has 3 rings (SSSR count). The van der Waals surface area contributed by atoms with E-state index in [1.54, 1.807) is 25.7 Å². The molecule has 3 fully saturated rings. The van der Waals surface area contributed by atoms with Crippen LogP contribution in [0.2, 0.25) is 0 Å². The molecule has 0 radical (unpaired) electrons. The van der Waals surface area contributed by atoms with E-state index >= 15 is 0 Å². The van der Waals surface area contributed by atoms with E-state index in [-0.39, 0.29) is 49.6 Å². The van der Waals surface area contributed by atoms with E-state index in [9.17, 15) is 38.4 Å². The van der Waals surface area contributed by atoms with E-state index in [2.05, 4.69) is 26.0 Å². The summed E-state index contributed by atoms with van der Waals surface area (Å²) in [5, 5.41) is 10.7. The number of likely N-dealkylation sites (tertiary alicyclic amines) is 1. The first-order valence-corrected chi connectivity index (χ1v) is 18.9. The minimum Gasteiger partial charge on any atom is -0.469 e. The van der Waals surface area contributed by atoms with Gasteiger partial charge in [-0.1, -0.05) is 61.3 Å². The van der Waals surface area contributed by atoms with Crippen LogP contribution in [0.5, 0.6) is 0 Å². The predicted octanol–water partition coefficient (Wildman–Crippen LogP) is 2.43. The fourth-order valence-electron chi connectivity index (χ4n) is 7.47. The highest BCUT2D eigenvalue weighted by Crippen LogP contribution is 2.44. The van der Waals surface area contributed by atoms with Crippen LogP contribution in [0, 0.1) is 34.5 Å². The van der Waals surface area contributed by atoms with Crippen LogP contribution in [-0.4, -0.2) is 104 Å². The average molecular weight is 748 g/mol. The maximum atomic E-state index is 14.7. The minimum absolute atomic E-state index is 0.0141. The molecule has 0 aromatic rings. The Hall–Kier alpha value is -4.04. The Kier molecular flexibility index (Phi) is 15.0. The molecule has 0 bridgehead atoms. The van der Waals surface area contributed by atoms with Crippen molar-refractivity contribution < 1.29 is 47.8 Å². The summed E-state index contributed by atoms with van der Waals surface area (Å²) in [4.78, 5) is 108. The van der Waals surface area contributed by atoms with E-state index in [0.717, 1.165) is 39.2 Å². The van der Waals surface area contributed by atoms with Gasteiger partial charge in [-0.15, -0.1) is 0 Å². The summed E-state index contributed by atoms with van der Waals surface area (Å²) >= 11 is 0. The number of nitrogens with one attached hydrogen (secondary N) is 4. The largest absolute Gasteiger partial charge is 0.469 e. The van der Waals surface area contributed by atoms with Gasteiger partial charge in [0.1, 0.15) is 6.04 Å². The van der Waals surface area contributed by atoms with Crippen LogP contribution < -0.4 is 21.3 Å². The van der Waals surface area contributed by atoms with Gasteiger partial charge in [-0.05, 0) is 54.8 Å². The molecular weight excluding hydrogens is 686 g/mol. The average Bonchev–Trinajstić information content (AvgIpc) is 3.65. The molecule has 7 atom stereocenters. The molecule has 1 aliphatic heterocycles. The normalized spacial score (nSPS) is 22.0. The lowest BCUT2D eigenvalue weighted by atomic mass is 9.73. The number of esters is 1. The van der Waals surface area contributed by atoms with Crippen LogP contribution >= 0.6 is 0 Å². The fraction of sp³-hybridized carbons (Fsp3) is 0.789. The molecule has 1 heterocycles. The van der Waals surface area contributed by atoms with Crippen LogP contribution in [0.3, 0.4) is 0 Å². The molecule has 298 valence electrons. The molecule has 53 heavy (non-hydrogen) atoms. The molecule has 2 saturated carbocycles. The number of methoxy groups -OCH3 is 2. The first-order valence-electron chi connectivity index (χ1n) is 18.9. The first-order chi connectivity index (χ1) is 24.7. The number of alkyl carbamates (subject to hydrolysis) is 1. The Labute approximate surface area is 313 Å². The van der Waals surface area contributed by atoms with E-state index in [1.807, 2.05) is 27.7 Å². The fourth-order valence-corrected chi connectivity index (χ4v) is 7.47. The van der Waals surface area contributed by atoms with E-state index in [0.29, 0.717) is 13.0 Å². The number of ketones is 2. The molecule has 15 nitrogen and oxygen atoms in total. The highest BCUT2D eigenvalue weighted by atomic mass is 16.5. The number of carbonyl (C=O) groups excluding carboxylic acids is 8. The quantitative estimate of drug-likeness (QED) is 0.126. The summed E-state index contributed by atoms with van der Waals surface area (Å²) in [7, 11) is 2.34. The van der Waals surface area contributed by atoms with Crippen LogP contribution in [0.4, 0.5) is 4.79 Å². The third kappa shape index (κ3) is 11.7. The van der Waals surface area contributed by atoms with Crippen molar-refractivity contribution in [2.75, 3.05) is 27.3 Å². The van der Waals surface area contributed by atoms with Gasteiger partial charge in [0, 0.05) is 31.5 Å².